The average Bonchev–Trinajstić information content (AvgIpc) is 3.24. The molecule has 4 aromatic rings. The maximum atomic E-state index is 12.1. The van der Waals surface area contributed by atoms with E-state index in [2.05, 4.69) is 35.0 Å². The van der Waals surface area contributed by atoms with Gasteiger partial charge in [0.15, 0.2) is 6.61 Å². The number of halogens is 1. The Balaban J connectivity index is 1.22. The maximum absolute atomic E-state index is 12.1. The number of amides is 1. The number of ether oxygens (including phenoxy) is 2. The molecule has 36 heavy (non-hydrogen) atoms. The van der Waals surface area contributed by atoms with Crippen LogP contribution in [0.15, 0.2) is 72.8 Å². The highest BCUT2D eigenvalue weighted by molar-refractivity contribution is 6.30. The molecule has 1 N–H and O–H groups in total. The predicted octanol–water partition coefficient (Wildman–Crippen LogP) is 5.99. The van der Waals surface area contributed by atoms with E-state index in [-0.39, 0.29) is 12.5 Å². The molecule has 0 fully saturated rings. The Bertz CT molecular complexity index is 1250. The van der Waals surface area contributed by atoms with Gasteiger partial charge in [0.1, 0.15) is 17.3 Å². The van der Waals surface area contributed by atoms with Gasteiger partial charge < -0.3 is 19.4 Å². The highest BCUT2D eigenvalue weighted by atomic mass is 35.5. The van der Waals surface area contributed by atoms with Gasteiger partial charge in [-0.25, -0.2) is 4.98 Å². The molecule has 3 aromatic carbocycles. The van der Waals surface area contributed by atoms with Crippen LogP contribution in [0, 0.1) is 6.92 Å². The van der Waals surface area contributed by atoms with Crippen LogP contribution >= 0.6 is 11.6 Å². The van der Waals surface area contributed by atoms with Gasteiger partial charge in [0.05, 0.1) is 17.6 Å². The van der Waals surface area contributed by atoms with Crippen molar-refractivity contribution in [2.45, 2.75) is 39.2 Å². The number of aromatic nitrogens is 2. The quantitative estimate of drug-likeness (QED) is 0.227. The highest BCUT2D eigenvalue weighted by Gasteiger charge is 2.11. The summed E-state index contributed by atoms with van der Waals surface area (Å²) in [5, 5.41) is 3.56. The highest BCUT2D eigenvalue weighted by Crippen LogP contribution is 2.19. The first kappa shape index (κ1) is 25.6. The molecule has 0 bridgehead atoms. The van der Waals surface area contributed by atoms with E-state index in [1.165, 1.54) is 5.56 Å². The standard InChI is InChI=1S/C29H32ClN3O3/c1-22-10-14-24(15-11-22)35-20-5-4-19-33-27-8-3-2-7-26(27)32-28(33)9-6-18-31-29(34)21-36-25-16-12-23(30)13-17-25/h2-3,7-8,10-17H,4-6,9,18-21H2,1H3,(H,31,34). The van der Waals surface area contributed by atoms with E-state index in [1.54, 1.807) is 24.3 Å². The van der Waals surface area contributed by atoms with Gasteiger partial charge in [0, 0.05) is 24.5 Å². The third kappa shape index (κ3) is 7.49. The van der Waals surface area contributed by atoms with Crippen molar-refractivity contribution in [1.82, 2.24) is 14.9 Å². The molecule has 1 heterocycles. The van der Waals surface area contributed by atoms with Gasteiger partial charge in [0.2, 0.25) is 0 Å². The molecular weight excluding hydrogens is 474 g/mol. The number of hydrogen-bond donors (Lipinski definition) is 1. The molecule has 188 valence electrons. The molecule has 0 aliphatic heterocycles. The Morgan fingerprint density at radius 3 is 2.44 bits per heavy atom. The van der Waals surface area contributed by atoms with Crippen molar-refractivity contribution in [3.63, 3.8) is 0 Å². The fraction of sp³-hybridized carbons (Fsp3) is 0.310. The fourth-order valence-electron chi connectivity index (χ4n) is 3.97. The molecule has 0 atom stereocenters. The fourth-order valence-corrected chi connectivity index (χ4v) is 4.09. The van der Waals surface area contributed by atoms with Gasteiger partial charge in [-0.1, -0.05) is 41.4 Å². The van der Waals surface area contributed by atoms with Crippen LogP contribution in [0.5, 0.6) is 11.5 Å². The topological polar surface area (TPSA) is 65.4 Å². The van der Waals surface area contributed by atoms with Crippen molar-refractivity contribution >= 4 is 28.5 Å². The van der Waals surface area contributed by atoms with E-state index in [1.807, 2.05) is 30.3 Å². The van der Waals surface area contributed by atoms with Crippen molar-refractivity contribution in [2.24, 2.45) is 0 Å². The number of unbranched alkanes of at least 4 members (excludes halogenated alkanes) is 1. The molecule has 0 spiro atoms. The number of fused-ring (bicyclic) bond motifs is 1. The normalized spacial score (nSPS) is 10.9. The summed E-state index contributed by atoms with van der Waals surface area (Å²) in [5.74, 6) is 2.43. The van der Waals surface area contributed by atoms with Crippen molar-refractivity contribution in [3.05, 3.63) is 89.2 Å². The van der Waals surface area contributed by atoms with Crippen LogP contribution in [0.2, 0.25) is 5.02 Å². The van der Waals surface area contributed by atoms with E-state index in [0.29, 0.717) is 23.9 Å². The number of aryl methyl sites for hydroxylation is 3. The molecule has 0 saturated heterocycles. The average molecular weight is 506 g/mol. The zero-order valence-electron chi connectivity index (χ0n) is 20.6. The number of nitrogens with zero attached hydrogens (tertiary/aromatic N) is 2. The SMILES string of the molecule is Cc1ccc(OCCCCn2c(CCCNC(=O)COc3ccc(Cl)cc3)nc3ccccc32)cc1. The van der Waals surface area contributed by atoms with Crippen LogP contribution in [0.3, 0.4) is 0 Å². The minimum Gasteiger partial charge on any atom is -0.494 e. The zero-order chi connectivity index (χ0) is 25.2. The number of nitrogens with one attached hydrogen (secondary N) is 1. The molecule has 0 aliphatic carbocycles. The molecule has 0 radical (unpaired) electrons. The van der Waals surface area contributed by atoms with E-state index in [0.717, 1.165) is 54.8 Å². The van der Waals surface area contributed by atoms with Gasteiger partial charge in [-0.3, -0.25) is 4.79 Å². The molecule has 1 aromatic heterocycles. The lowest BCUT2D eigenvalue weighted by atomic mass is 10.2. The van der Waals surface area contributed by atoms with Crippen LogP contribution in [-0.2, 0) is 17.8 Å². The van der Waals surface area contributed by atoms with E-state index < -0.39 is 0 Å². The third-order valence-electron chi connectivity index (χ3n) is 5.88. The van der Waals surface area contributed by atoms with Crippen molar-refractivity contribution in [1.29, 1.82) is 0 Å². The Morgan fingerprint density at radius 2 is 1.64 bits per heavy atom. The lowest BCUT2D eigenvalue weighted by Gasteiger charge is -2.11. The molecule has 0 saturated carbocycles. The second kappa shape index (κ2) is 13.0. The lowest BCUT2D eigenvalue weighted by Crippen LogP contribution is -2.30. The number of hydrogen-bond acceptors (Lipinski definition) is 4. The molecule has 0 unspecified atom stereocenters. The summed E-state index contributed by atoms with van der Waals surface area (Å²) >= 11 is 5.87. The number of carbonyl (C=O) groups excluding carboxylic acids is 1. The monoisotopic (exact) mass is 505 g/mol. The third-order valence-corrected chi connectivity index (χ3v) is 6.13. The Labute approximate surface area is 217 Å². The van der Waals surface area contributed by atoms with Gasteiger partial charge >= 0.3 is 0 Å². The number of para-hydroxylation sites is 2. The van der Waals surface area contributed by atoms with Crippen LogP contribution in [0.25, 0.3) is 11.0 Å². The van der Waals surface area contributed by atoms with Gasteiger partial charge in [-0.15, -0.1) is 0 Å². The number of rotatable bonds is 13. The van der Waals surface area contributed by atoms with Crippen molar-refractivity contribution in [3.8, 4) is 11.5 Å². The summed E-state index contributed by atoms with van der Waals surface area (Å²) in [6.07, 6.45) is 3.54. The Morgan fingerprint density at radius 1 is 0.917 bits per heavy atom. The van der Waals surface area contributed by atoms with Gasteiger partial charge in [-0.2, -0.15) is 0 Å². The van der Waals surface area contributed by atoms with Gasteiger partial charge in [-0.05, 0) is 74.7 Å². The van der Waals surface area contributed by atoms with Crippen molar-refractivity contribution < 1.29 is 14.3 Å². The van der Waals surface area contributed by atoms with Crippen LogP contribution < -0.4 is 14.8 Å². The van der Waals surface area contributed by atoms with Crippen LogP contribution in [0.1, 0.15) is 30.7 Å². The second-order valence-electron chi connectivity index (χ2n) is 8.73. The van der Waals surface area contributed by atoms with E-state index in [9.17, 15) is 4.79 Å². The summed E-state index contributed by atoms with van der Waals surface area (Å²) in [5.41, 5.74) is 3.38. The molecule has 1 amide bonds. The largest absolute Gasteiger partial charge is 0.494 e. The Hall–Kier alpha value is -3.51. The first-order valence-corrected chi connectivity index (χ1v) is 12.7. The molecular formula is C29H32ClN3O3. The minimum atomic E-state index is -0.146. The lowest BCUT2D eigenvalue weighted by molar-refractivity contribution is -0.123. The maximum Gasteiger partial charge on any atom is 0.257 e. The first-order chi connectivity index (χ1) is 17.6. The molecule has 4 rings (SSSR count). The minimum absolute atomic E-state index is 0.0230. The molecule has 6 nitrogen and oxygen atoms in total. The molecule has 0 aliphatic rings. The summed E-state index contributed by atoms with van der Waals surface area (Å²) < 4.78 is 13.7. The number of imidazole rings is 1. The van der Waals surface area contributed by atoms with E-state index in [4.69, 9.17) is 26.1 Å². The Kier molecular flexibility index (Phi) is 9.22. The smallest absolute Gasteiger partial charge is 0.257 e. The zero-order valence-corrected chi connectivity index (χ0v) is 21.3. The van der Waals surface area contributed by atoms with Gasteiger partial charge in [0.25, 0.3) is 5.91 Å². The summed E-state index contributed by atoms with van der Waals surface area (Å²) in [6, 6.07) is 23.3. The predicted molar refractivity (Wildman–Crippen MR) is 144 cm³/mol. The van der Waals surface area contributed by atoms with E-state index >= 15 is 0 Å². The molecule has 7 heteroatoms. The number of carbonyl (C=O) groups is 1. The van der Waals surface area contributed by atoms with Crippen molar-refractivity contribution in [2.75, 3.05) is 19.8 Å². The van der Waals surface area contributed by atoms with Crippen LogP contribution in [0.4, 0.5) is 0 Å². The first-order valence-electron chi connectivity index (χ1n) is 12.4. The van der Waals surface area contributed by atoms with Crippen LogP contribution in [-0.4, -0.2) is 35.2 Å². The summed E-state index contributed by atoms with van der Waals surface area (Å²) in [6.45, 7) is 4.19. The summed E-state index contributed by atoms with van der Waals surface area (Å²) in [7, 11) is 0. The number of benzene rings is 3. The second-order valence-corrected chi connectivity index (χ2v) is 9.17. The summed E-state index contributed by atoms with van der Waals surface area (Å²) in [4.78, 5) is 17.0.